The zero-order valence-electron chi connectivity index (χ0n) is 9.23. The Morgan fingerprint density at radius 2 is 1.87 bits per heavy atom. The van der Waals surface area contributed by atoms with E-state index in [1.165, 1.54) is 7.11 Å². The van der Waals surface area contributed by atoms with Crippen LogP contribution in [0.4, 0.5) is 0 Å². The van der Waals surface area contributed by atoms with Crippen LogP contribution in [0.2, 0.25) is 0 Å². The number of esters is 1. The Morgan fingerprint density at radius 3 is 2.33 bits per heavy atom. The van der Waals surface area contributed by atoms with Crippen LogP contribution in [0.1, 0.15) is 24.2 Å². The molecule has 0 fully saturated rings. The van der Waals surface area contributed by atoms with E-state index in [2.05, 4.69) is 4.74 Å². The van der Waals surface area contributed by atoms with Crippen LogP contribution < -0.4 is 0 Å². The minimum absolute atomic E-state index is 0.400. The molecule has 0 saturated heterocycles. The molecule has 0 heterocycles. The summed E-state index contributed by atoms with van der Waals surface area (Å²) in [5.41, 5.74) is 1.86. The quantitative estimate of drug-likeness (QED) is 0.771. The second-order valence-corrected chi connectivity index (χ2v) is 3.67. The summed E-state index contributed by atoms with van der Waals surface area (Å²) in [5, 5.41) is 9.88. The fraction of sp³-hybridized carbons (Fsp3) is 0.417. The van der Waals surface area contributed by atoms with E-state index in [1.54, 1.807) is 6.92 Å². The van der Waals surface area contributed by atoms with Gasteiger partial charge >= 0.3 is 5.97 Å². The molecule has 1 aromatic rings. The number of hydrogen-bond donors (Lipinski definition) is 1. The number of aryl methyl sites for hydroxylation is 1. The molecule has 0 radical (unpaired) electrons. The van der Waals surface area contributed by atoms with Gasteiger partial charge in [-0.1, -0.05) is 29.8 Å². The first-order valence-electron chi connectivity index (χ1n) is 4.88. The first-order valence-corrected chi connectivity index (χ1v) is 4.88. The van der Waals surface area contributed by atoms with E-state index in [1.807, 2.05) is 31.2 Å². The van der Waals surface area contributed by atoms with Crippen molar-refractivity contribution in [2.24, 2.45) is 5.92 Å². The molecular formula is C12H16O3. The van der Waals surface area contributed by atoms with Gasteiger partial charge in [0.25, 0.3) is 0 Å². The number of ether oxygens (including phenoxy) is 1. The first-order chi connectivity index (χ1) is 7.06. The fourth-order valence-corrected chi connectivity index (χ4v) is 1.37. The lowest BCUT2D eigenvalue weighted by atomic mass is 9.97. The highest BCUT2D eigenvalue weighted by atomic mass is 16.5. The molecule has 0 saturated carbocycles. The van der Waals surface area contributed by atoms with Gasteiger partial charge in [0, 0.05) is 0 Å². The van der Waals surface area contributed by atoms with Crippen LogP contribution in [0.3, 0.4) is 0 Å². The fourth-order valence-electron chi connectivity index (χ4n) is 1.37. The van der Waals surface area contributed by atoms with E-state index < -0.39 is 18.0 Å². The van der Waals surface area contributed by atoms with Crippen molar-refractivity contribution in [3.63, 3.8) is 0 Å². The van der Waals surface area contributed by atoms with E-state index in [4.69, 9.17) is 0 Å². The SMILES string of the molecule is COC(=O)[C@H](C)[C@H](O)c1ccc(C)cc1. The van der Waals surface area contributed by atoms with Crippen molar-refractivity contribution in [3.05, 3.63) is 35.4 Å². The Labute approximate surface area is 89.7 Å². The Balaban J connectivity index is 2.80. The van der Waals surface area contributed by atoms with Crippen LogP contribution in [0.15, 0.2) is 24.3 Å². The second-order valence-electron chi connectivity index (χ2n) is 3.67. The van der Waals surface area contributed by atoms with E-state index in [0.717, 1.165) is 11.1 Å². The largest absolute Gasteiger partial charge is 0.469 e. The summed E-state index contributed by atoms with van der Waals surface area (Å²) in [7, 11) is 1.32. The average molecular weight is 208 g/mol. The summed E-state index contributed by atoms with van der Waals surface area (Å²) in [6.45, 7) is 3.62. The summed E-state index contributed by atoms with van der Waals surface area (Å²) in [6, 6.07) is 7.45. The molecule has 82 valence electrons. The average Bonchev–Trinajstić information content (AvgIpc) is 2.27. The van der Waals surface area contributed by atoms with Crippen molar-refractivity contribution in [3.8, 4) is 0 Å². The highest BCUT2D eigenvalue weighted by Gasteiger charge is 2.23. The Bertz CT molecular complexity index is 329. The molecule has 0 aliphatic carbocycles. The predicted molar refractivity (Wildman–Crippen MR) is 57.3 cm³/mol. The molecule has 3 heteroatoms. The van der Waals surface area contributed by atoms with E-state index in [-0.39, 0.29) is 0 Å². The van der Waals surface area contributed by atoms with Crippen LogP contribution >= 0.6 is 0 Å². The third-order valence-corrected chi connectivity index (χ3v) is 2.47. The molecule has 1 aromatic carbocycles. The molecule has 3 nitrogen and oxygen atoms in total. The zero-order chi connectivity index (χ0) is 11.4. The number of methoxy groups -OCH3 is 1. The molecule has 0 unspecified atom stereocenters. The van der Waals surface area contributed by atoms with Gasteiger partial charge in [-0.05, 0) is 19.4 Å². The monoisotopic (exact) mass is 208 g/mol. The van der Waals surface area contributed by atoms with Crippen LogP contribution in [-0.2, 0) is 9.53 Å². The number of aliphatic hydroxyl groups excluding tert-OH is 1. The first kappa shape index (κ1) is 11.7. The van der Waals surface area contributed by atoms with Crippen molar-refractivity contribution in [1.29, 1.82) is 0 Å². The van der Waals surface area contributed by atoms with Gasteiger partial charge in [0.15, 0.2) is 0 Å². The molecule has 0 aliphatic rings. The van der Waals surface area contributed by atoms with Crippen molar-refractivity contribution < 1.29 is 14.6 Å². The van der Waals surface area contributed by atoms with Gasteiger partial charge in [0.1, 0.15) is 0 Å². The number of carbonyl (C=O) groups is 1. The molecule has 1 rings (SSSR count). The summed E-state index contributed by atoms with van der Waals surface area (Å²) < 4.78 is 4.58. The van der Waals surface area contributed by atoms with Crippen molar-refractivity contribution in [2.45, 2.75) is 20.0 Å². The Kier molecular flexibility index (Phi) is 3.86. The maximum Gasteiger partial charge on any atom is 0.311 e. The number of carbonyl (C=O) groups excluding carboxylic acids is 1. The number of hydrogen-bond acceptors (Lipinski definition) is 3. The standard InChI is InChI=1S/C12H16O3/c1-8-4-6-10(7-5-8)11(13)9(2)12(14)15-3/h4-7,9,11,13H,1-3H3/t9-,11+/m1/s1. The molecule has 15 heavy (non-hydrogen) atoms. The van der Waals surface area contributed by atoms with Crippen molar-refractivity contribution >= 4 is 5.97 Å². The van der Waals surface area contributed by atoms with E-state index in [0.29, 0.717) is 0 Å². The van der Waals surface area contributed by atoms with Crippen molar-refractivity contribution in [1.82, 2.24) is 0 Å². The molecule has 0 amide bonds. The maximum absolute atomic E-state index is 11.2. The number of aliphatic hydroxyl groups is 1. The molecule has 0 spiro atoms. The molecule has 0 aromatic heterocycles. The van der Waals surface area contributed by atoms with Gasteiger partial charge in [-0.2, -0.15) is 0 Å². The third kappa shape index (κ3) is 2.80. The van der Waals surface area contributed by atoms with Crippen LogP contribution in [0.5, 0.6) is 0 Å². The van der Waals surface area contributed by atoms with Gasteiger partial charge in [-0.3, -0.25) is 4.79 Å². The molecule has 2 atom stereocenters. The minimum atomic E-state index is -0.807. The molecule has 0 bridgehead atoms. The van der Waals surface area contributed by atoms with Gasteiger partial charge in [0.05, 0.1) is 19.1 Å². The Morgan fingerprint density at radius 1 is 1.33 bits per heavy atom. The smallest absolute Gasteiger partial charge is 0.311 e. The summed E-state index contributed by atoms with van der Waals surface area (Å²) in [5.74, 6) is -0.944. The van der Waals surface area contributed by atoms with E-state index in [9.17, 15) is 9.90 Å². The van der Waals surface area contributed by atoms with Gasteiger partial charge in [-0.25, -0.2) is 0 Å². The van der Waals surface area contributed by atoms with Crippen LogP contribution in [0, 0.1) is 12.8 Å². The van der Waals surface area contributed by atoms with Crippen LogP contribution in [-0.4, -0.2) is 18.2 Å². The topological polar surface area (TPSA) is 46.5 Å². The van der Waals surface area contributed by atoms with Crippen molar-refractivity contribution in [2.75, 3.05) is 7.11 Å². The second kappa shape index (κ2) is 4.94. The van der Waals surface area contributed by atoms with Gasteiger partial charge in [0.2, 0.25) is 0 Å². The lowest BCUT2D eigenvalue weighted by Gasteiger charge is -2.16. The zero-order valence-corrected chi connectivity index (χ0v) is 9.23. The summed E-state index contributed by atoms with van der Waals surface area (Å²) >= 11 is 0. The molecule has 0 aliphatic heterocycles. The summed E-state index contributed by atoms with van der Waals surface area (Å²) in [6.07, 6.45) is -0.807. The molecular weight excluding hydrogens is 192 g/mol. The maximum atomic E-state index is 11.2. The highest BCUT2D eigenvalue weighted by Crippen LogP contribution is 2.22. The predicted octanol–water partition coefficient (Wildman–Crippen LogP) is 1.84. The lowest BCUT2D eigenvalue weighted by Crippen LogP contribution is -2.20. The minimum Gasteiger partial charge on any atom is -0.469 e. The molecule has 1 N–H and O–H groups in total. The van der Waals surface area contributed by atoms with Gasteiger partial charge < -0.3 is 9.84 Å². The summed E-state index contributed by atoms with van der Waals surface area (Å²) in [4.78, 5) is 11.2. The highest BCUT2D eigenvalue weighted by molar-refractivity contribution is 5.72. The van der Waals surface area contributed by atoms with Crippen LogP contribution in [0.25, 0.3) is 0 Å². The van der Waals surface area contributed by atoms with Gasteiger partial charge in [-0.15, -0.1) is 0 Å². The normalized spacial score (nSPS) is 14.4. The Hall–Kier alpha value is -1.35. The number of rotatable bonds is 3. The number of benzene rings is 1. The lowest BCUT2D eigenvalue weighted by molar-refractivity contribution is -0.148. The third-order valence-electron chi connectivity index (χ3n) is 2.47. The van der Waals surface area contributed by atoms with E-state index >= 15 is 0 Å².